The van der Waals surface area contributed by atoms with Crippen LogP contribution in [0.15, 0.2) is 32.3 Å². The lowest BCUT2D eigenvalue weighted by molar-refractivity contribution is 0.353. The van der Waals surface area contributed by atoms with Gasteiger partial charge in [-0.05, 0) is 31.2 Å². The van der Waals surface area contributed by atoms with E-state index in [1.54, 1.807) is 6.92 Å². The monoisotopic (exact) mass is 382 g/mol. The van der Waals surface area contributed by atoms with Crippen LogP contribution in [0.4, 0.5) is 5.95 Å². The lowest BCUT2D eigenvalue weighted by Gasteiger charge is -2.35. The highest BCUT2D eigenvalue weighted by Gasteiger charge is 2.25. The Morgan fingerprint density at radius 3 is 2.64 bits per heavy atom. The van der Waals surface area contributed by atoms with Gasteiger partial charge >= 0.3 is 5.63 Å². The number of pyridine rings is 1. The molecule has 1 saturated heterocycles. The number of aromatic hydroxyl groups is 1. The summed E-state index contributed by atoms with van der Waals surface area (Å²) in [6, 6.07) is 2.85. The van der Waals surface area contributed by atoms with Gasteiger partial charge in [-0.1, -0.05) is 13.8 Å². The first-order valence-electron chi connectivity index (χ1n) is 9.31. The van der Waals surface area contributed by atoms with Gasteiger partial charge < -0.3 is 14.4 Å². The first-order valence-corrected chi connectivity index (χ1v) is 9.31. The van der Waals surface area contributed by atoms with Crippen molar-refractivity contribution < 1.29 is 9.52 Å². The van der Waals surface area contributed by atoms with Crippen LogP contribution in [-0.4, -0.2) is 33.1 Å². The fraction of sp³-hybridized carbons (Fsp3) is 0.400. The van der Waals surface area contributed by atoms with E-state index in [4.69, 9.17) is 4.42 Å². The Labute approximate surface area is 160 Å². The van der Waals surface area contributed by atoms with Crippen molar-refractivity contribution in [2.24, 2.45) is 11.8 Å². The van der Waals surface area contributed by atoms with E-state index in [1.807, 2.05) is 0 Å². The minimum atomic E-state index is -0.716. The molecule has 1 fully saturated rings. The van der Waals surface area contributed by atoms with Crippen molar-refractivity contribution in [3.8, 4) is 16.9 Å². The second-order valence-corrected chi connectivity index (χ2v) is 7.70. The van der Waals surface area contributed by atoms with Crippen molar-refractivity contribution >= 4 is 17.0 Å². The molecule has 0 aliphatic carbocycles. The third kappa shape index (κ3) is 3.15. The van der Waals surface area contributed by atoms with E-state index < -0.39 is 11.2 Å². The van der Waals surface area contributed by atoms with Crippen LogP contribution in [0.5, 0.6) is 5.75 Å². The highest BCUT2D eigenvalue weighted by Crippen LogP contribution is 2.30. The summed E-state index contributed by atoms with van der Waals surface area (Å²) >= 11 is 0. The number of piperidine rings is 1. The molecule has 0 amide bonds. The standard InChI is InChI=1S/C20H22N4O4/c1-10-6-11(2)9-24(8-10)20-22-17-16(18(26)23-20)13(4-5-21-17)15-14(25)7-12(3)28-19(15)27/h4-5,7,10-11,25H,6,8-9H2,1-3H3,(H,21,22,23,26)/t10-,11-/m0/s1. The molecule has 0 aromatic carbocycles. The predicted molar refractivity (Wildman–Crippen MR) is 106 cm³/mol. The molecule has 1 aliphatic heterocycles. The molecule has 0 spiro atoms. The van der Waals surface area contributed by atoms with E-state index in [1.165, 1.54) is 18.3 Å². The average molecular weight is 382 g/mol. The number of fused-ring (bicyclic) bond motifs is 1. The summed E-state index contributed by atoms with van der Waals surface area (Å²) in [4.78, 5) is 38.9. The van der Waals surface area contributed by atoms with E-state index in [0.29, 0.717) is 17.8 Å². The van der Waals surface area contributed by atoms with Gasteiger partial charge in [-0.25, -0.2) is 9.78 Å². The van der Waals surface area contributed by atoms with Gasteiger partial charge in [0.05, 0.1) is 5.39 Å². The van der Waals surface area contributed by atoms with Gasteiger partial charge in [-0.2, -0.15) is 4.98 Å². The maximum absolute atomic E-state index is 12.9. The van der Waals surface area contributed by atoms with E-state index in [9.17, 15) is 14.7 Å². The third-order valence-corrected chi connectivity index (χ3v) is 5.09. The van der Waals surface area contributed by atoms with Crippen molar-refractivity contribution in [1.29, 1.82) is 0 Å². The molecule has 8 heteroatoms. The number of nitrogens with one attached hydrogen (secondary N) is 1. The molecule has 0 saturated carbocycles. The zero-order valence-corrected chi connectivity index (χ0v) is 16.0. The average Bonchev–Trinajstić information content (AvgIpc) is 2.59. The van der Waals surface area contributed by atoms with Crippen molar-refractivity contribution in [2.75, 3.05) is 18.0 Å². The molecule has 2 atom stereocenters. The molecule has 1 aliphatic rings. The van der Waals surface area contributed by atoms with Gasteiger partial charge in [-0.3, -0.25) is 9.78 Å². The number of rotatable bonds is 2. The normalized spacial score (nSPS) is 19.9. The van der Waals surface area contributed by atoms with E-state index in [0.717, 1.165) is 19.5 Å². The van der Waals surface area contributed by atoms with Crippen molar-refractivity contribution in [1.82, 2.24) is 15.0 Å². The van der Waals surface area contributed by atoms with E-state index >= 15 is 0 Å². The Morgan fingerprint density at radius 1 is 1.25 bits per heavy atom. The topological polar surface area (TPSA) is 112 Å². The van der Waals surface area contributed by atoms with E-state index in [2.05, 4.69) is 33.7 Å². The number of nitrogens with zero attached hydrogens (tertiary/aromatic N) is 3. The van der Waals surface area contributed by atoms with E-state index in [-0.39, 0.29) is 33.7 Å². The lowest BCUT2D eigenvalue weighted by atomic mass is 9.92. The lowest BCUT2D eigenvalue weighted by Crippen LogP contribution is -2.40. The maximum Gasteiger partial charge on any atom is 0.347 e. The second-order valence-electron chi connectivity index (χ2n) is 7.70. The molecule has 4 rings (SSSR count). The molecule has 28 heavy (non-hydrogen) atoms. The number of aromatic amines is 1. The Kier molecular flexibility index (Phi) is 4.41. The molecular formula is C20H22N4O4. The molecule has 0 unspecified atom stereocenters. The van der Waals surface area contributed by atoms with Crippen molar-refractivity contribution in [3.05, 3.63) is 44.9 Å². The van der Waals surface area contributed by atoms with Crippen LogP contribution in [-0.2, 0) is 0 Å². The first-order chi connectivity index (χ1) is 13.3. The minimum Gasteiger partial charge on any atom is -0.507 e. The van der Waals surface area contributed by atoms with Crippen LogP contribution >= 0.6 is 0 Å². The van der Waals surface area contributed by atoms with Crippen LogP contribution in [0.1, 0.15) is 26.0 Å². The molecule has 3 aromatic heterocycles. The number of aryl methyl sites for hydroxylation is 1. The number of hydrogen-bond donors (Lipinski definition) is 2. The van der Waals surface area contributed by atoms with Crippen LogP contribution in [0.3, 0.4) is 0 Å². The van der Waals surface area contributed by atoms with Gasteiger partial charge in [0.2, 0.25) is 5.95 Å². The smallest absolute Gasteiger partial charge is 0.347 e. The first kappa shape index (κ1) is 18.2. The van der Waals surface area contributed by atoms with Crippen molar-refractivity contribution in [2.45, 2.75) is 27.2 Å². The quantitative estimate of drug-likeness (QED) is 0.700. The minimum absolute atomic E-state index is 0.0710. The molecule has 0 bridgehead atoms. The highest BCUT2D eigenvalue weighted by molar-refractivity contribution is 5.93. The summed E-state index contributed by atoms with van der Waals surface area (Å²) in [5.41, 5.74) is -0.725. The summed E-state index contributed by atoms with van der Waals surface area (Å²) < 4.78 is 5.10. The van der Waals surface area contributed by atoms with Crippen LogP contribution in [0.25, 0.3) is 22.2 Å². The Hall–Kier alpha value is -3.16. The number of hydrogen-bond acceptors (Lipinski definition) is 7. The molecule has 2 N–H and O–H groups in total. The SMILES string of the molecule is Cc1cc(O)c(-c2ccnc3nc(N4C[C@@H](C)C[C@H](C)C4)[nH]c(=O)c23)c(=O)o1. The summed E-state index contributed by atoms with van der Waals surface area (Å²) in [7, 11) is 0. The molecular weight excluding hydrogens is 360 g/mol. The summed E-state index contributed by atoms with van der Waals surface area (Å²) in [5, 5.41) is 10.4. The van der Waals surface area contributed by atoms with Gasteiger partial charge in [0.25, 0.3) is 5.56 Å². The molecule has 0 radical (unpaired) electrons. The Balaban J connectivity index is 1.89. The van der Waals surface area contributed by atoms with Crippen LogP contribution in [0, 0.1) is 18.8 Å². The summed E-state index contributed by atoms with van der Waals surface area (Å²) in [6.07, 6.45) is 2.60. The van der Waals surface area contributed by atoms with Crippen LogP contribution < -0.4 is 16.1 Å². The largest absolute Gasteiger partial charge is 0.507 e. The fourth-order valence-electron chi connectivity index (χ4n) is 4.09. The third-order valence-electron chi connectivity index (χ3n) is 5.09. The van der Waals surface area contributed by atoms with Gasteiger partial charge in [0, 0.05) is 30.9 Å². The highest BCUT2D eigenvalue weighted by atomic mass is 16.4. The zero-order valence-electron chi connectivity index (χ0n) is 16.0. The number of aromatic nitrogens is 3. The summed E-state index contributed by atoms with van der Waals surface area (Å²) in [5.74, 6) is 1.51. The summed E-state index contributed by atoms with van der Waals surface area (Å²) in [6.45, 7) is 7.54. The molecule has 3 aromatic rings. The maximum atomic E-state index is 12.9. The molecule has 8 nitrogen and oxygen atoms in total. The van der Waals surface area contributed by atoms with Crippen molar-refractivity contribution in [3.63, 3.8) is 0 Å². The zero-order chi connectivity index (χ0) is 20.0. The second kappa shape index (κ2) is 6.78. The Bertz CT molecular complexity index is 1160. The molecule has 4 heterocycles. The van der Waals surface area contributed by atoms with Gasteiger partial charge in [0.1, 0.15) is 17.1 Å². The number of anilines is 1. The van der Waals surface area contributed by atoms with Crippen LogP contribution in [0.2, 0.25) is 0 Å². The molecule has 146 valence electrons. The predicted octanol–water partition coefficient (Wildman–Crippen LogP) is 2.43. The van der Waals surface area contributed by atoms with Gasteiger partial charge in [-0.15, -0.1) is 0 Å². The number of H-pyrrole nitrogens is 1. The Morgan fingerprint density at radius 2 is 1.96 bits per heavy atom. The van der Waals surface area contributed by atoms with Gasteiger partial charge in [0.15, 0.2) is 5.65 Å². The fourth-order valence-corrected chi connectivity index (χ4v) is 4.09.